The highest BCUT2D eigenvalue weighted by Gasteiger charge is 2.24. The number of anilines is 1. The molecule has 1 aromatic heterocycles. The number of nitrogens with zero attached hydrogens (tertiary/aromatic N) is 2. The molecule has 2 rings (SSSR count). The molecule has 0 aliphatic heterocycles. The lowest BCUT2D eigenvalue weighted by molar-refractivity contribution is -0.142. The monoisotopic (exact) mass is 404 g/mol. The zero-order valence-electron chi connectivity index (χ0n) is 17.2. The smallest absolute Gasteiger partial charge is 0.328 e. The molecule has 0 saturated carbocycles. The standard InChI is InChI=1S/C20H28N4O5/c1-13(2)18(20(26)28-4)24-19-14-7-5-6-8-15(14)22-16(23-19)11-21-17(25)12-29-10-9-27-3/h5-8,13,18H,9-12H2,1-4H3,(H,21,25)(H,22,23,24)/t18-/m0/s1. The van der Waals surface area contributed by atoms with Crippen LogP contribution in [0.1, 0.15) is 19.7 Å². The van der Waals surface area contributed by atoms with Gasteiger partial charge in [0.1, 0.15) is 18.5 Å². The van der Waals surface area contributed by atoms with Gasteiger partial charge in [-0.2, -0.15) is 0 Å². The number of ether oxygens (including phenoxy) is 3. The molecule has 158 valence electrons. The van der Waals surface area contributed by atoms with Crippen LogP contribution in [0.3, 0.4) is 0 Å². The predicted molar refractivity (Wildman–Crippen MR) is 108 cm³/mol. The van der Waals surface area contributed by atoms with Crippen molar-refractivity contribution in [2.75, 3.05) is 39.4 Å². The lowest BCUT2D eigenvalue weighted by Gasteiger charge is -2.21. The van der Waals surface area contributed by atoms with Crippen LogP contribution in [0.5, 0.6) is 0 Å². The minimum absolute atomic E-state index is 0.0106. The van der Waals surface area contributed by atoms with E-state index >= 15 is 0 Å². The van der Waals surface area contributed by atoms with Crippen LogP contribution in [0.2, 0.25) is 0 Å². The van der Waals surface area contributed by atoms with E-state index in [1.54, 1.807) is 7.11 Å². The van der Waals surface area contributed by atoms with Gasteiger partial charge >= 0.3 is 5.97 Å². The van der Waals surface area contributed by atoms with E-state index in [0.29, 0.717) is 30.4 Å². The Morgan fingerprint density at radius 1 is 1.10 bits per heavy atom. The molecule has 2 N–H and O–H groups in total. The molecular formula is C20H28N4O5. The van der Waals surface area contributed by atoms with Gasteiger partial charge in [-0.1, -0.05) is 26.0 Å². The van der Waals surface area contributed by atoms with E-state index in [4.69, 9.17) is 14.2 Å². The zero-order chi connectivity index (χ0) is 21.2. The minimum atomic E-state index is -0.560. The summed E-state index contributed by atoms with van der Waals surface area (Å²) in [6.45, 7) is 4.67. The number of aromatic nitrogens is 2. The topological polar surface area (TPSA) is 112 Å². The third-order valence-corrected chi connectivity index (χ3v) is 4.17. The number of hydrogen-bond donors (Lipinski definition) is 2. The molecule has 0 unspecified atom stereocenters. The first-order chi connectivity index (χ1) is 14.0. The molecule has 0 bridgehead atoms. The van der Waals surface area contributed by atoms with Gasteiger partial charge in [-0.25, -0.2) is 14.8 Å². The second-order valence-corrected chi connectivity index (χ2v) is 6.72. The summed E-state index contributed by atoms with van der Waals surface area (Å²) in [6.07, 6.45) is 0. The molecule has 2 aromatic rings. The summed E-state index contributed by atoms with van der Waals surface area (Å²) in [4.78, 5) is 33.1. The van der Waals surface area contributed by atoms with Crippen molar-refractivity contribution in [3.8, 4) is 0 Å². The highest BCUT2D eigenvalue weighted by Crippen LogP contribution is 2.22. The van der Waals surface area contributed by atoms with Crippen LogP contribution < -0.4 is 10.6 Å². The summed E-state index contributed by atoms with van der Waals surface area (Å²) in [5, 5.41) is 6.68. The van der Waals surface area contributed by atoms with E-state index < -0.39 is 6.04 Å². The van der Waals surface area contributed by atoms with Crippen molar-refractivity contribution in [3.05, 3.63) is 30.1 Å². The number of para-hydroxylation sites is 1. The van der Waals surface area contributed by atoms with Crippen LogP contribution in [-0.2, 0) is 30.3 Å². The molecule has 0 aliphatic carbocycles. The number of rotatable bonds is 11. The molecule has 1 amide bonds. The van der Waals surface area contributed by atoms with Crippen LogP contribution in [0.4, 0.5) is 5.82 Å². The lowest BCUT2D eigenvalue weighted by Crippen LogP contribution is -2.36. The Morgan fingerprint density at radius 3 is 2.55 bits per heavy atom. The van der Waals surface area contributed by atoms with Crippen molar-refractivity contribution in [2.45, 2.75) is 26.4 Å². The van der Waals surface area contributed by atoms with E-state index in [0.717, 1.165) is 5.39 Å². The van der Waals surface area contributed by atoms with Crippen molar-refractivity contribution in [1.29, 1.82) is 0 Å². The molecule has 0 aliphatic rings. The first-order valence-corrected chi connectivity index (χ1v) is 9.39. The van der Waals surface area contributed by atoms with Gasteiger partial charge in [-0.05, 0) is 18.1 Å². The van der Waals surface area contributed by atoms with Crippen molar-refractivity contribution in [2.24, 2.45) is 5.92 Å². The molecule has 0 saturated heterocycles. The number of hydrogen-bond acceptors (Lipinski definition) is 8. The van der Waals surface area contributed by atoms with Gasteiger partial charge in [0.25, 0.3) is 0 Å². The highest BCUT2D eigenvalue weighted by atomic mass is 16.5. The summed E-state index contributed by atoms with van der Waals surface area (Å²) in [5.41, 5.74) is 0.706. The number of fused-ring (bicyclic) bond motifs is 1. The number of amides is 1. The van der Waals surface area contributed by atoms with Crippen LogP contribution in [0.25, 0.3) is 10.9 Å². The Bertz CT molecular complexity index is 828. The van der Waals surface area contributed by atoms with Crippen LogP contribution in [0, 0.1) is 5.92 Å². The Labute approximate surface area is 170 Å². The van der Waals surface area contributed by atoms with E-state index in [9.17, 15) is 9.59 Å². The largest absolute Gasteiger partial charge is 0.467 e. The fraction of sp³-hybridized carbons (Fsp3) is 0.500. The normalized spacial score (nSPS) is 12.0. The molecule has 0 radical (unpaired) electrons. The van der Waals surface area contributed by atoms with Gasteiger partial charge in [-0.3, -0.25) is 4.79 Å². The number of methoxy groups -OCH3 is 2. The van der Waals surface area contributed by atoms with E-state index in [1.807, 2.05) is 38.1 Å². The van der Waals surface area contributed by atoms with Crippen LogP contribution >= 0.6 is 0 Å². The Morgan fingerprint density at radius 2 is 1.86 bits per heavy atom. The van der Waals surface area contributed by atoms with Crippen molar-refractivity contribution in [3.63, 3.8) is 0 Å². The number of benzene rings is 1. The van der Waals surface area contributed by atoms with Gasteiger partial charge in [0, 0.05) is 12.5 Å². The highest BCUT2D eigenvalue weighted by molar-refractivity contribution is 5.91. The molecule has 1 heterocycles. The third kappa shape index (κ3) is 6.65. The third-order valence-electron chi connectivity index (χ3n) is 4.17. The first kappa shape index (κ1) is 22.5. The molecule has 0 spiro atoms. The summed E-state index contributed by atoms with van der Waals surface area (Å²) in [7, 11) is 2.92. The maximum Gasteiger partial charge on any atom is 0.328 e. The summed E-state index contributed by atoms with van der Waals surface area (Å²) >= 11 is 0. The molecular weight excluding hydrogens is 376 g/mol. The average molecular weight is 404 g/mol. The van der Waals surface area contributed by atoms with Gasteiger partial charge in [-0.15, -0.1) is 0 Å². The molecule has 9 heteroatoms. The van der Waals surface area contributed by atoms with Crippen LogP contribution in [-0.4, -0.2) is 61.9 Å². The SMILES string of the molecule is COCCOCC(=O)NCc1nc(N[C@H](C(=O)OC)C(C)C)c2ccccc2n1. The number of nitrogens with one attached hydrogen (secondary N) is 2. The first-order valence-electron chi connectivity index (χ1n) is 9.39. The molecule has 0 fully saturated rings. The minimum Gasteiger partial charge on any atom is -0.467 e. The Kier molecular flexibility index (Phi) is 8.75. The second-order valence-electron chi connectivity index (χ2n) is 6.72. The maximum atomic E-state index is 12.1. The number of carbonyl (C=O) groups excluding carboxylic acids is 2. The number of esters is 1. The van der Waals surface area contributed by atoms with E-state index in [2.05, 4.69) is 20.6 Å². The molecule has 29 heavy (non-hydrogen) atoms. The van der Waals surface area contributed by atoms with Crippen molar-refractivity contribution < 1.29 is 23.8 Å². The summed E-state index contributed by atoms with van der Waals surface area (Å²) in [6, 6.07) is 6.90. The van der Waals surface area contributed by atoms with Crippen molar-refractivity contribution >= 4 is 28.6 Å². The Hall–Kier alpha value is -2.78. The fourth-order valence-corrected chi connectivity index (χ4v) is 2.62. The quantitative estimate of drug-likeness (QED) is 0.428. The fourth-order valence-electron chi connectivity index (χ4n) is 2.62. The Balaban J connectivity index is 2.16. The van der Waals surface area contributed by atoms with Gasteiger partial charge in [0.2, 0.25) is 5.91 Å². The molecule has 1 atom stereocenters. The average Bonchev–Trinajstić information content (AvgIpc) is 2.72. The lowest BCUT2D eigenvalue weighted by atomic mass is 10.0. The van der Waals surface area contributed by atoms with Gasteiger partial charge in [0.15, 0.2) is 5.82 Å². The zero-order valence-corrected chi connectivity index (χ0v) is 17.2. The molecule has 9 nitrogen and oxygen atoms in total. The molecule has 1 aromatic carbocycles. The predicted octanol–water partition coefficient (Wildman–Crippen LogP) is 1.52. The van der Waals surface area contributed by atoms with Crippen LogP contribution in [0.15, 0.2) is 24.3 Å². The summed E-state index contributed by atoms with van der Waals surface area (Å²) in [5.74, 6) is 0.278. The van der Waals surface area contributed by atoms with Gasteiger partial charge in [0.05, 0.1) is 32.4 Å². The van der Waals surface area contributed by atoms with E-state index in [-0.39, 0.29) is 30.9 Å². The van der Waals surface area contributed by atoms with Crippen molar-refractivity contribution in [1.82, 2.24) is 15.3 Å². The van der Waals surface area contributed by atoms with Gasteiger partial charge < -0.3 is 24.8 Å². The number of carbonyl (C=O) groups is 2. The van der Waals surface area contributed by atoms with E-state index in [1.165, 1.54) is 7.11 Å². The second kappa shape index (κ2) is 11.3. The maximum absolute atomic E-state index is 12.1. The summed E-state index contributed by atoms with van der Waals surface area (Å²) < 4.78 is 15.0.